The highest BCUT2D eigenvalue weighted by Crippen LogP contribution is 2.42. The minimum absolute atomic E-state index is 0.418. The summed E-state index contributed by atoms with van der Waals surface area (Å²) in [6.07, 6.45) is 0. The van der Waals surface area contributed by atoms with Crippen molar-refractivity contribution in [2.75, 3.05) is 12.8 Å². The molecule has 1 aromatic heterocycles. The van der Waals surface area contributed by atoms with E-state index in [0.717, 1.165) is 20.5 Å². The van der Waals surface area contributed by atoms with Gasteiger partial charge in [-0.05, 0) is 30.7 Å². The van der Waals surface area contributed by atoms with Gasteiger partial charge in [-0.3, -0.25) is 0 Å². The minimum atomic E-state index is -0.421. The molecule has 0 saturated heterocycles. The topological polar surface area (TPSA) is 52.3 Å². The average molecular weight is 361 g/mol. The number of carbonyl (C=O) groups excluding carboxylic acids is 1. The predicted octanol–water partition coefficient (Wildman–Crippen LogP) is 4.51. The monoisotopic (exact) mass is 359 g/mol. The maximum Gasteiger partial charge on any atom is 0.350 e. The van der Waals surface area contributed by atoms with Crippen LogP contribution < -0.4 is 5.73 Å². The van der Waals surface area contributed by atoms with Crippen molar-refractivity contribution in [3.8, 4) is 10.4 Å². The Labute approximate surface area is 128 Å². The van der Waals surface area contributed by atoms with Crippen molar-refractivity contribution in [1.29, 1.82) is 0 Å². The molecule has 19 heavy (non-hydrogen) atoms. The Balaban J connectivity index is 2.63. The number of esters is 1. The zero-order valence-electron chi connectivity index (χ0n) is 10.3. The van der Waals surface area contributed by atoms with Crippen LogP contribution in [0.15, 0.2) is 22.7 Å². The van der Waals surface area contributed by atoms with Crippen molar-refractivity contribution >= 4 is 50.5 Å². The van der Waals surface area contributed by atoms with E-state index >= 15 is 0 Å². The van der Waals surface area contributed by atoms with Crippen LogP contribution in [0.4, 0.5) is 5.69 Å². The SMILES string of the molecule is COC(=O)c1sc(-c2cc(Cl)ccc2Br)c(C)c1N. The molecule has 0 atom stereocenters. The Kier molecular flexibility index (Phi) is 4.18. The third-order valence-electron chi connectivity index (χ3n) is 2.74. The first-order valence-electron chi connectivity index (χ1n) is 5.38. The Morgan fingerprint density at radius 3 is 2.79 bits per heavy atom. The highest BCUT2D eigenvalue weighted by Gasteiger charge is 2.21. The van der Waals surface area contributed by atoms with E-state index < -0.39 is 5.97 Å². The van der Waals surface area contributed by atoms with Gasteiger partial charge in [0.15, 0.2) is 0 Å². The molecule has 3 nitrogen and oxygen atoms in total. The molecule has 2 rings (SSSR count). The third kappa shape index (κ3) is 2.63. The molecule has 0 aliphatic heterocycles. The van der Waals surface area contributed by atoms with Crippen LogP contribution in [-0.4, -0.2) is 13.1 Å². The molecule has 0 unspecified atom stereocenters. The summed E-state index contributed by atoms with van der Waals surface area (Å²) in [7, 11) is 1.34. The molecular weight excluding hydrogens is 350 g/mol. The van der Waals surface area contributed by atoms with Crippen molar-refractivity contribution in [2.45, 2.75) is 6.92 Å². The summed E-state index contributed by atoms with van der Waals surface area (Å²) in [4.78, 5) is 13.0. The van der Waals surface area contributed by atoms with Crippen molar-refractivity contribution in [3.63, 3.8) is 0 Å². The molecule has 0 aliphatic carbocycles. The zero-order valence-corrected chi connectivity index (χ0v) is 13.4. The number of nitrogen functional groups attached to an aromatic ring is 1. The Bertz CT molecular complexity index is 654. The molecule has 1 heterocycles. The summed E-state index contributed by atoms with van der Waals surface area (Å²) in [5.41, 5.74) is 8.19. The van der Waals surface area contributed by atoms with Gasteiger partial charge in [0.2, 0.25) is 0 Å². The smallest absolute Gasteiger partial charge is 0.350 e. The highest BCUT2D eigenvalue weighted by molar-refractivity contribution is 9.10. The lowest BCUT2D eigenvalue weighted by atomic mass is 10.1. The molecule has 0 bridgehead atoms. The fourth-order valence-electron chi connectivity index (χ4n) is 1.70. The molecule has 0 aliphatic rings. The molecule has 0 amide bonds. The Hall–Kier alpha value is -1.04. The van der Waals surface area contributed by atoms with E-state index in [1.807, 2.05) is 19.1 Å². The van der Waals surface area contributed by atoms with Crippen LogP contribution in [-0.2, 0) is 4.74 Å². The van der Waals surface area contributed by atoms with Crippen LogP contribution in [0.1, 0.15) is 15.2 Å². The summed E-state index contributed by atoms with van der Waals surface area (Å²) in [5.74, 6) is -0.421. The average Bonchev–Trinajstić information content (AvgIpc) is 2.69. The molecule has 0 fully saturated rings. The van der Waals surface area contributed by atoms with Gasteiger partial charge in [-0.1, -0.05) is 27.5 Å². The molecule has 1 aromatic carbocycles. The van der Waals surface area contributed by atoms with Crippen molar-refractivity contribution in [2.24, 2.45) is 0 Å². The first kappa shape index (κ1) is 14.4. The van der Waals surface area contributed by atoms with Gasteiger partial charge in [-0.25, -0.2) is 4.79 Å². The van der Waals surface area contributed by atoms with Crippen LogP contribution in [0.3, 0.4) is 0 Å². The molecule has 0 spiro atoms. The third-order valence-corrected chi connectivity index (χ3v) is 4.98. The lowest BCUT2D eigenvalue weighted by Gasteiger charge is -2.04. The highest BCUT2D eigenvalue weighted by atomic mass is 79.9. The fraction of sp³-hybridized carbons (Fsp3) is 0.154. The second kappa shape index (κ2) is 5.53. The van der Waals surface area contributed by atoms with E-state index in [0.29, 0.717) is 15.6 Å². The van der Waals surface area contributed by atoms with Crippen molar-refractivity contribution < 1.29 is 9.53 Å². The lowest BCUT2D eigenvalue weighted by molar-refractivity contribution is 0.0607. The van der Waals surface area contributed by atoms with Gasteiger partial charge >= 0.3 is 5.97 Å². The van der Waals surface area contributed by atoms with E-state index in [9.17, 15) is 4.79 Å². The van der Waals surface area contributed by atoms with E-state index in [1.54, 1.807) is 6.07 Å². The minimum Gasteiger partial charge on any atom is -0.465 e. The summed E-state index contributed by atoms with van der Waals surface area (Å²) in [5, 5.41) is 0.629. The molecule has 2 aromatic rings. The van der Waals surface area contributed by atoms with Crippen molar-refractivity contribution in [1.82, 2.24) is 0 Å². The lowest BCUT2D eigenvalue weighted by Crippen LogP contribution is -2.01. The number of benzene rings is 1. The van der Waals surface area contributed by atoms with E-state index in [1.165, 1.54) is 18.4 Å². The second-order valence-corrected chi connectivity index (χ2v) is 6.23. The van der Waals surface area contributed by atoms with Crippen molar-refractivity contribution in [3.05, 3.63) is 38.1 Å². The van der Waals surface area contributed by atoms with Gasteiger partial charge in [0.25, 0.3) is 0 Å². The molecular formula is C13H11BrClNO2S. The summed E-state index contributed by atoms with van der Waals surface area (Å²) >= 11 is 10.8. The summed E-state index contributed by atoms with van der Waals surface area (Å²) in [6.45, 7) is 1.88. The number of halogens is 2. The molecule has 2 N–H and O–H groups in total. The quantitative estimate of drug-likeness (QED) is 0.802. The number of anilines is 1. The summed E-state index contributed by atoms with van der Waals surface area (Å²) < 4.78 is 5.63. The molecule has 100 valence electrons. The first-order valence-corrected chi connectivity index (χ1v) is 7.37. The first-order chi connectivity index (χ1) is 8.95. The van der Waals surface area contributed by atoms with Crippen LogP contribution in [0.2, 0.25) is 5.02 Å². The number of carbonyl (C=O) groups is 1. The van der Waals surface area contributed by atoms with E-state index in [4.69, 9.17) is 22.1 Å². The van der Waals surface area contributed by atoms with Gasteiger partial charge in [0.05, 0.1) is 12.8 Å². The standard InChI is InChI=1S/C13H11BrClNO2S/c1-6-10(16)12(13(17)18-2)19-11(6)8-5-7(15)3-4-9(8)14/h3-5H,16H2,1-2H3. The predicted molar refractivity (Wildman–Crippen MR) is 83.0 cm³/mol. The molecule has 0 saturated carbocycles. The largest absolute Gasteiger partial charge is 0.465 e. The van der Waals surface area contributed by atoms with Crippen LogP contribution >= 0.6 is 38.9 Å². The normalized spacial score (nSPS) is 10.5. The molecule has 0 radical (unpaired) electrons. The van der Waals surface area contributed by atoms with Gasteiger partial charge < -0.3 is 10.5 Å². The number of methoxy groups -OCH3 is 1. The molecule has 6 heteroatoms. The fourth-order valence-corrected chi connectivity index (χ4v) is 3.62. The zero-order chi connectivity index (χ0) is 14.2. The Morgan fingerprint density at radius 2 is 2.16 bits per heavy atom. The number of nitrogens with two attached hydrogens (primary N) is 1. The number of rotatable bonds is 2. The van der Waals surface area contributed by atoms with Gasteiger partial charge in [-0.15, -0.1) is 11.3 Å². The van der Waals surface area contributed by atoms with Gasteiger partial charge in [0, 0.05) is 19.9 Å². The maximum atomic E-state index is 11.7. The number of hydrogen-bond acceptors (Lipinski definition) is 4. The van der Waals surface area contributed by atoms with Crippen LogP contribution in [0, 0.1) is 6.92 Å². The van der Waals surface area contributed by atoms with Crippen LogP contribution in [0.25, 0.3) is 10.4 Å². The maximum absolute atomic E-state index is 11.7. The van der Waals surface area contributed by atoms with Gasteiger partial charge in [0.1, 0.15) is 4.88 Å². The number of thiophene rings is 1. The number of ether oxygens (including phenoxy) is 1. The second-order valence-electron chi connectivity index (χ2n) is 3.91. The van der Waals surface area contributed by atoms with E-state index in [2.05, 4.69) is 15.9 Å². The van der Waals surface area contributed by atoms with Gasteiger partial charge in [-0.2, -0.15) is 0 Å². The van der Waals surface area contributed by atoms with E-state index in [-0.39, 0.29) is 0 Å². The van der Waals surface area contributed by atoms with Crippen LogP contribution in [0.5, 0.6) is 0 Å². The Morgan fingerprint density at radius 1 is 1.47 bits per heavy atom. The summed E-state index contributed by atoms with van der Waals surface area (Å²) in [6, 6.07) is 5.50. The number of hydrogen-bond donors (Lipinski definition) is 1.